The fourth-order valence-electron chi connectivity index (χ4n) is 1.51. The molecular formula is C14H12ClNO2. The van der Waals surface area contributed by atoms with Gasteiger partial charge in [0.05, 0.1) is 7.11 Å². The van der Waals surface area contributed by atoms with E-state index in [2.05, 4.69) is 0 Å². The van der Waals surface area contributed by atoms with E-state index in [1.165, 1.54) is 6.21 Å². The van der Waals surface area contributed by atoms with Crippen LogP contribution in [0.4, 0.5) is 5.69 Å². The van der Waals surface area contributed by atoms with Crippen molar-refractivity contribution in [3.8, 4) is 5.75 Å². The van der Waals surface area contributed by atoms with Crippen LogP contribution >= 0.6 is 11.6 Å². The van der Waals surface area contributed by atoms with Gasteiger partial charge in [-0.2, -0.15) is 4.74 Å². The predicted molar refractivity (Wildman–Crippen MR) is 72.9 cm³/mol. The molecule has 0 aliphatic rings. The lowest BCUT2D eigenvalue weighted by Crippen LogP contribution is -1.98. The summed E-state index contributed by atoms with van der Waals surface area (Å²) in [4.78, 5) is 0. The average molecular weight is 262 g/mol. The number of ether oxygens (including phenoxy) is 1. The van der Waals surface area contributed by atoms with Gasteiger partial charge in [-0.25, -0.2) is 0 Å². The minimum atomic E-state index is 0.498. The molecule has 0 amide bonds. The Hall–Kier alpha value is -2.00. The van der Waals surface area contributed by atoms with Gasteiger partial charge < -0.3 is 9.94 Å². The number of nitrogens with zero attached hydrogens (tertiary/aromatic N) is 1. The second-order valence-electron chi connectivity index (χ2n) is 3.71. The van der Waals surface area contributed by atoms with Crippen molar-refractivity contribution in [1.29, 1.82) is 0 Å². The fourth-order valence-corrected chi connectivity index (χ4v) is 1.70. The standard InChI is InChI=1S/C14H12ClNO2/c1-18-14-7-5-11(6-8-14)10-16(17)13-4-2-3-12(15)9-13/h2-10H,1H3/b16-10-. The highest BCUT2D eigenvalue weighted by atomic mass is 35.5. The summed E-state index contributed by atoms with van der Waals surface area (Å²) in [6.45, 7) is 0. The number of hydrogen-bond donors (Lipinski definition) is 0. The fraction of sp³-hybridized carbons (Fsp3) is 0.0714. The van der Waals surface area contributed by atoms with Crippen molar-refractivity contribution in [2.75, 3.05) is 7.11 Å². The first-order chi connectivity index (χ1) is 8.69. The Labute approximate surface area is 110 Å². The number of rotatable bonds is 3. The van der Waals surface area contributed by atoms with Gasteiger partial charge >= 0.3 is 0 Å². The van der Waals surface area contributed by atoms with Crippen LogP contribution in [0.5, 0.6) is 5.75 Å². The molecule has 0 aliphatic heterocycles. The Morgan fingerprint density at radius 2 is 1.89 bits per heavy atom. The second kappa shape index (κ2) is 5.56. The lowest BCUT2D eigenvalue weighted by Gasteiger charge is -2.03. The van der Waals surface area contributed by atoms with Gasteiger partial charge in [-0.05, 0) is 30.3 Å². The van der Waals surface area contributed by atoms with Crippen molar-refractivity contribution >= 4 is 23.5 Å². The highest BCUT2D eigenvalue weighted by molar-refractivity contribution is 6.30. The number of benzene rings is 2. The van der Waals surface area contributed by atoms with Crippen LogP contribution in [0.1, 0.15) is 5.56 Å². The van der Waals surface area contributed by atoms with Gasteiger partial charge in [0.15, 0.2) is 6.21 Å². The summed E-state index contributed by atoms with van der Waals surface area (Å²) in [6, 6.07) is 14.0. The van der Waals surface area contributed by atoms with Gasteiger partial charge in [-0.15, -0.1) is 0 Å². The number of methoxy groups -OCH3 is 1. The molecule has 0 fully saturated rings. The first-order valence-electron chi connectivity index (χ1n) is 5.40. The molecule has 92 valence electrons. The summed E-state index contributed by atoms with van der Waals surface area (Å²) in [5.74, 6) is 0.757. The summed E-state index contributed by atoms with van der Waals surface area (Å²) >= 11 is 5.84. The largest absolute Gasteiger partial charge is 0.618 e. The maximum absolute atomic E-state index is 11.9. The van der Waals surface area contributed by atoms with Crippen LogP contribution in [0.25, 0.3) is 0 Å². The average Bonchev–Trinajstić information content (AvgIpc) is 2.39. The normalized spacial score (nSPS) is 11.3. The van der Waals surface area contributed by atoms with Crippen molar-refractivity contribution in [2.45, 2.75) is 0 Å². The molecule has 0 aromatic heterocycles. The SMILES string of the molecule is COc1ccc(/C=[N+](\[O-])c2cccc(Cl)c2)cc1. The molecule has 0 radical (unpaired) electrons. The van der Waals surface area contributed by atoms with Crippen molar-refractivity contribution in [3.63, 3.8) is 0 Å². The summed E-state index contributed by atoms with van der Waals surface area (Å²) in [5, 5.41) is 12.4. The molecule has 0 atom stereocenters. The van der Waals surface area contributed by atoms with E-state index < -0.39 is 0 Å². The van der Waals surface area contributed by atoms with E-state index in [-0.39, 0.29) is 0 Å². The van der Waals surface area contributed by atoms with Crippen LogP contribution in [-0.2, 0) is 0 Å². The molecule has 2 aromatic rings. The maximum Gasteiger partial charge on any atom is 0.217 e. The molecule has 2 aromatic carbocycles. The zero-order valence-electron chi connectivity index (χ0n) is 9.84. The van der Waals surface area contributed by atoms with E-state index >= 15 is 0 Å². The van der Waals surface area contributed by atoms with Crippen molar-refractivity contribution in [2.24, 2.45) is 0 Å². The molecular weight excluding hydrogens is 250 g/mol. The number of halogens is 1. The first kappa shape index (κ1) is 12.5. The van der Waals surface area contributed by atoms with Gasteiger partial charge in [0.25, 0.3) is 0 Å². The van der Waals surface area contributed by atoms with Gasteiger partial charge in [-0.1, -0.05) is 17.7 Å². The zero-order valence-corrected chi connectivity index (χ0v) is 10.6. The highest BCUT2D eigenvalue weighted by Crippen LogP contribution is 2.17. The van der Waals surface area contributed by atoms with Crippen LogP contribution in [0.2, 0.25) is 5.02 Å². The van der Waals surface area contributed by atoms with E-state index in [9.17, 15) is 5.21 Å². The molecule has 0 N–H and O–H groups in total. The van der Waals surface area contributed by atoms with Crippen molar-refractivity contribution < 1.29 is 9.48 Å². The van der Waals surface area contributed by atoms with Gasteiger partial charge in [-0.3, -0.25) is 0 Å². The quantitative estimate of drug-likeness (QED) is 0.366. The minimum absolute atomic E-state index is 0.498. The van der Waals surface area contributed by atoms with E-state index in [1.54, 1.807) is 43.5 Å². The van der Waals surface area contributed by atoms with Gasteiger partial charge in [0.1, 0.15) is 5.75 Å². The van der Waals surface area contributed by atoms with Crippen LogP contribution < -0.4 is 4.74 Å². The highest BCUT2D eigenvalue weighted by Gasteiger charge is 2.02. The van der Waals surface area contributed by atoms with Crippen LogP contribution in [0.15, 0.2) is 48.5 Å². The molecule has 0 bridgehead atoms. The van der Waals surface area contributed by atoms with Crippen molar-refractivity contribution in [1.82, 2.24) is 0 Å². The van der Waals surface area contributed by atoms with Crippen LogP contribution in [0.3, 0.4) is 0 Å². The predicted octanol–water partition coefficient (Wildman–Crippen LogP) is 3.61. The molecule has 2 rings (SSSR count). The maximum atomic E-state index is 11.9. The molecule has 0 spiro atoms. The Morgan fingerprint density at radius 1 is 1.17 bits per heavy atom. The summed E-state index contributed by atoms with van der Waals surface area (Å²) < 4.78 is 5.84. The molecule has 4 heteroatoms. The Bertz CT molecular complexity index is 564. The molecule has 0 unspecified atom stereocenters. The Balaban J connectivity index is 2.26. The Morgan fingerprint density at radius 3 is 2.50 bits per heavy atom. The lowest BCUT2D eigenvalue weighted by atomic mass is 10.2. The third-order valence-corrected chi connectivity index (χ3v) is 2.68. The molecule has 0 saturated carbocycles. The topological polar surface area (TPSA) is 35.3 Å². The van der Waals surface area contributed by atoms with Gasteiger partial charge in [0, 0.05) is 22.7 Å². The van der Waals surface area contributed by atoms with Crippen LogP contribution in [-0.4, -0.2) is 18.1 Å². The third kappa shape index (κ3) is 3.02. The van der Waals surface area contributed by atoms with E-state index in [0.717, 1.165) is 16.1 Å². The molecule has 3 nitrogen and oxygen atoms in total. The Kier molecular flexibility index (Phi) is 3.85. The minimum Gasteiger partial charge on any atom is -0.618 e. The molecule has 0 heterocycles. The lowest BCUT2D eigenvalue weighted by molar-refractivity contribution is -0.354. The van der Waals surface area contributed by atoms with Gasteiger partial charge in [0.2, 0.25) is 5.69 Å². The van der Waals surface area contributed by atoms with Crippen molar-refractivity contribution in [3.05, 3.63) is 64.3 Å². The molecule has 18 heavy (non-hydrogen) atoms. The number of hydrogen-bond acceptors (Lipinski definition) is 2. The summed E-state index contributed by atoms with van der Waals surface area (Å²) in [7, 11) is 1.60. The van der Waals surface area contributed by atoms with E-state index in [0.29, 0.717) is 10.7 Å². The molecule has 0 aliphatic carbocycles. The monoisotopic (exact) mass is 261 g/mol. The van der Waals surface area contributed by atoms with Crippen LogP contribution in [0, 0.1) is 5.21 Å². The summed E-state index contributed by atoms with van der Waals surface area (Å²) in [5.41, 5.74) is 1.30. The third-order valence-electron chi connectivity index (χ3n) is 2.44. The van der Waals surface area contributed by atoms with E-state index in [1.807, 2.05) is 12.1 Å². The van der Waals surface area contributed by atoms with E-state index in [4.69, 9.17) is 16.3 Å². The molecule has 0 saturated heterocycles. The smallest absolute Gasteiger partial charge is 0.217 e. The summed E-state index contributed by atoms with van der Waals surface area (Å²) in [6.07, 6.45) is 1.49. The second-order valence-corrected chi connectivity index (χ2v) is 4.14. The first-order valence-corrected chi connectivity index (χ1v) is 5.78. The zero-order chi connectivity index (χ0) is 13.0.